The number of rotatable bonds is 8. The summed E-state index contributed by atoms with van der Waals surface area (Å²) in [5, 5.41) is 14.6. The molecule has 0 bridgehead atoms. The number of carbonyl (C=O) groups is 1. The number of nitrogens with one attached hydrogen (secondary N) is 2. The molecule has 118 valence electrons. The Balaban J connectivity index is 2.40. The lowest BCUT2D eigenvalue weighted by atomic mass is 9.90. The van der Waals surface area contributed by atoms with Gasteiger partial charge in [0.1, 0.15) is 0 Å². The predicted octanol–water partition coefficient (Wildman–Crippen LogP) is 3.12. The molecule has 21 heavy (non-hydrogen) atoms. The molecule has 0 saturated heterocycles. The summed E-state index contributed by atoms with van der Waals surface area (Å²) in [7, 11) is 0. The van der Waals surface area contributed by atoms with Crippen molar-refractivity contribution < 1.29 is 9.90 Å². The van der Waals surface area contributed by atoms with E-state index in [-0.39, 0.29) is 18.1 Å². The Morgan fingerprint density at radius 1 is 1.29 bits per heavy atom. The summed E-state index contributed by atoms with van der Waals surface area (Å²) in [6.45, 7) is 4.70. The first-order chi connectivity index (χ1) is 9.96. The first kappa shape index (κ1) is 17.9. The number of aryl methyl sites for hydroxylation is 1. The third kappa shape index (κ3) is 7.39. The van der Waals surface area contributed by atoms with Crippen LogP contribution in [0.2, 0.25) is 0 Å². The highest BCUT2D eigenvalue weighted by Gasteiger charge is 2.17. The number of urea groups is 1. The number of carbonyl (C=O) groups excluding carboxylic acids is 1. The Hall–Kier alpha value is -1.20. The van der Waals surface area contributed by atoms with Gasteiger partial charge in [-0.25, -0.2) is 4.79 Å². The molecule has 0 unspecified atom stereocenters. The Morgan fingerprint density at radius 3 is 2.52 bits per heavy atom. The fraction of sp³-hybridized carbons (Fsp3) is 0.562. The standard InChI is InChI=1S/C16H26N2O2S/c1-16(2,9-10-19)12-17-15(20)18-14-6-4-13(5-7-14)8-11-21-3/h4-7,19H,8-12H2,1-3H3,(H2,17,18,20). The van der Waals surface area contributed by atoms with E-state index in [0.717, 1.165) is 17.9 Å². The van der Waals surface area contributed by atoms with Crippen LogP contribution < -0.4 is 10.6 Å². The maximum atomic E-state index is 11.8. The quantitative estimate of drug-likeness (QED) is 0.691. The molecule has 5 heteroatoms. The molecule has 0 radical (unpaired) electrons. The van der Waals surface area contributed by atoms with Crippen LogP contribution in [0.4, 0.5) is 10.5 Å². The second-order valence-corrected chi connectivity index (χ2v) is 6.87. The van der Waals surface area contributed by atoms with Gasteiger partial charge in [-0.15, -0.1) is 0 Å². The fourth-order valence-corrected chi connectivity index (χ4v) is 2.30. The summed E-state index contributed by atoms with van der Waals surface area (Å²) in [5.41, 5.74) is 1.97. The summed E-state index contributed by atoms with van der Waals surface area (Å²) in [5.74, 6) is 1.10. The summed E-state index contributed by atoms with van der Waals surface area (Å²) in [6.07, 6.45) is 3.80. The zero-order valence-corrected chi connectivity index (χ0v) is 13.9. The van der Waals surface area contributed by atoms with E-state index in [2.05, 4.69) is 16.9 Å². The van der Waals surface area contributed by atoms with E-state index in [4.69, 9.17) is 5.11 Å². The van der Waals surface area contributed by atoms with E-state index in [1.54, 1.807) is 0 Å². The van der Waals surface area contributed by atoms with E-state index in [1.165, 1.54) is 5.56 Å². The molecular formula is C16H26N2O2S. The maximum absolute atomic E-state index is 11.8. The molecule has 3 N–H and O–H groups in total. The molecule has 1 aromatic rings. The van der Waals surface area contributed by atoms with Crippen molar-refractivity contribution in [1.82, 2.24) is 5.32 Å². The number of amides is 2. The molecule has 0 aliphatic heterocycles. The van der Waals surface area contributed by atoms with Crippen LogP contribution in [0.1, 0.15) is 25.8 Å². The first-order valence-electron chi connectivity index (χ1n) is 7.20. The van der Waals surface area contributed by atoms with Gasteiger partial charge in [0.2, 0.25) is 0 Å². The van der Waals surface area contributed by atoms with Crippen molar-refractivity contribution in [3.8, 4) is 0 Å². The van der Waals surface area contributed by atoms with Crippen LogP contribution in [0.25, 0.3) is 0 Å². The molecule has 0 saturated carbocycles. The van der Waals surface area contributed by atoms with Gasteiger partial charge in [-0.3, -0.25) is 0 Å². The van der Waals surface area contributed by atoms with E-state index >= 15 is 0 Å². The summed E-state index contributed by atoms with van der Waals surface area (Å²) in [4.78, 5) is 11.8. The van der Waals surface area contributed by atoms with Crippen LogP contribution in [0, 0.1) is 5.41 Å². The van der Waals surface area contributed by atoms with Crippen LogP contribution >= 0.6 is 11.8 Å². The van der Waals surface area contributed by atoms with Crippen molar-refractivity contribution >= 4 is 23.5 Å². The minimum atomic E-state index is -0.210. The zero-order valence-electron chi connectivity index (χ0n) is 13.1. The molecule has 0 fully saturated rings. The minimum Gasteiger partial charge on any atom is -0.396 e. The number of aliphatic hydroxyl groups is 1. The van der Waals surface area contributed by atoms with Gasteiger partial charge in [-0.1, -0.05) is 26.0 Å². The monoisotopic (exact) mass is 310 g/mol. The molecular weight excluding hydrogens is 284 g/mol. The van der Waals surface area contributed by atoms with Crippen LogP contribution in [0.3, 0.4) is 0 Å². The normalized spacial score (nSPS) is 11.2. The second-order valence-electron chi connectivity index (χ2n) is 5.89. The largest absolute Gasteiger partial charge is 0.396 e. The predicted molar refractivity (Wildman–Crippen MR) is 91.0 cm³/mol. The van der Waals surface area contributed by atoms with Crippen molar-refractivity contribution in [2.24, 2.45) is 5.41 Å². The molecule has 1 rings (SSSR count). The smallest absolute Gasteiger partial charge is 0.319 e. The van der Waals surface area contributed by atoms with Crippen molar-refractivity contribution in [1.29, 1.82) is 0 Å². The molecule has 0 spiro atoms. The maximum Gasteiger partial charge on any atom is 0.319 e. The lowest BCUT2D eigenvalue weighted by molar-refractivity contribution is 0.204. The van der Waals surface area contributed by atoms with Gasteiger partial charge in [0.15, 0.2) is 0 Å². The van der Waals surface area contributed by atoms with Crippen LogP contribution in [-0.4, -0.2) is 36.3 Å². The lowest BCUT2D eigenvalue weighted by Gasteiger charge is -2.23. The molecule has 2 amide bonds. The number of hydrogen-bond acceptors (Lipinski definition) is 3. The highest BCUT2D eigenvalue weighted by atomic mass is 32.2. The summed E-state index contributed by atoms with van der Waals surface area (Å²) >= 11 is 1.83. The van der Waals surface area contributed by atoms with E-state index in [0.29, 0.717) is 13.0 Å². The van der Waals surface area contributed by atoms with Crippen LogP contribution in [-0.2, 0) is 6.42 Å². The fourth-order valence-electron chi connectivity index (χ4n) is 1.86. The molecule has 0 aromatic heterocycles. The minimum absolute atomic E-state index is 0.103. The number of hydrogen-bond donors (Lipinski definition) is 3. The van der Waals surface area contributed by atoms with Crippen molar-refractivity contribution in [2.75, 3.05) is 30.5 Å². The molecule has 0 aliphatic rings. The average molecular weight is 310 g/mol. The van der Waals surface area contributed by atoms with E-state index in [1.807, 2.05) is 49.9 Å². The third-order valence-corrected chi connectivity index (χ3v) is 3.94. The van der Waals surface area contributed by atoms with Gasteiger partial charge in [-0.2, -0.15) is 11.8 Å². The molecule has 1 aromatic carbocycles. The summed E-state index contributed by atoms with van der Waals surface area (Å²) in [6, 6.07) is 7.73. The van der Waals surface area contributed by atoms with Gasteiger partial charge >= 0.3 is 6.03 Å². The van der Waals surface area contributed by atoms with Crippen molar-refractivity contribution in [3.05, 3.63) is 29.8 Å². The van der Waals surface area contributed by atoms with Crippen molar-refractivity contribution in [3.63, 3.8) is 0 Å². The van der Waals surface area contributed by atoms with Gasteiger partial charge in [0.05, 0.1) is 0 Å². The van der Waals surface area contributed by atoms with Crippen molar-refractivity contribution in [2.45, 2.75) is 26.7 Å². The number of thioether (sulfide) groups is 1. The average Bonchev–Trinajstić information content (AvgIpc) is 2.44. The molecule has 4 nitrogen and oxygen atoms in total. The first-order valence-corrected chi connectivity index (χ1v) is 8.60. The lowest BCUT2D eigenvalue weighted by Crippen LogP contribution is -2.37. The van der Waals surface area contributed by atoms with Gasteiger partial charge in [0.25, 0.3) is 0 Å². The van der Waals surface area contributed by atoms with E-state index < -0.39 is 0 Å². The topological polar surface area (TPSA) is 61.4 Å². The number of benzene rings is 1. The Bertz CT molecular complexity index is 432. The van der Waals surface area contributed by atoms with Gasteiger partial charge in [-0.05, 0) is 48.0 Å². The van der Waals surface area contributed by atoms with Gasteiger partial charge < -0.3 is 15.7 Å². The summed E-state index contributed by atoms with van der Waals surface area (Å²) < 4.78 is 0. The van der Waals surface area contributed by atoms with Crippen LogP contribution in [0.15, 0.2) is 24.3 Å². The zero-order chi connectivity index (χ0) is 15.7. The Kier molecular flexibility index (Phi) is 7.61. The molecule has 0 aliphatic carbocycles. The Morgan fingerprint density at radius 2 is 1.95 bits per heavy atom. The third-order valence-electron chi connectivity index (χ3n) is 3.32. The second kappa shape index (κ2) is 8.95. The number of anilines is 1. The van der Waals surface area contributed by atoms with E-state index in [9.17, 15) is 4.79 Å². The molecule has 0 atom stereocenters. The molecule has 0 heterocycles. The SMILES string of the molecule is CSCCc1ccc(NC(=O)NCC(C)(C)CCO)cc1. The van der Waals surface area contributed by atoms with Crippen LogP contribution in [0.5, 0.6) is 0 Å². The van der Waals surface area contributed by atoms with Gasteiger partial charge in [0, 0.05) is 18.8 Å². The Labute approximate surface area is 131 Å². The highest BCUT2D eigenvalue weighted by Crippen LogP contribution is 2.18. The highest BCUT2D eigenvalue weighted by molar-refractivity contribution is 7.98. The number of aliphatic hydroxyl groups excluding tert-OH is 1.